The predicted molar refractivity (Wildman–Crippen MR) is 75.2 cm³/mol. The van der Waals surface area contributed by atoms with Gasteiger partial charge in [0.1, 0.15) is 0 Å². The highest BCUT2D eigenvalue weighted by Crippen LogP contribution is 2.21. The van der Waals surface area contributed by atoms with Gasteiger partial charge in [-0.1, -0.05) is 18.5 Å². The van der Waals surface area contributed by atoms with Crippen LogP contribution in [0.25, 0.3) is 0 Å². The third kappa shape index (κ3) is 3.16. The van der Waals surface area contributed by atoms with Crippen LogP contribution in [0.5, 0.6) is 0 Å². The summed E-state index contributed by atoms with van der Waals surface area (Å²) in [4.78, 5) is 14.0. The Labute approximate surface area is 113 Å². The van der Waals surface area contributed by atoms with Gasteiger partial charge in [-0.15, -0.1) is 0 Å². The second-order valence-electron chi connectivity index (χ2n) is 5.08. The molecule has 2 rings (SSSR count). The Morgan fingerprint density at radius 3 is 2.94 bits per heavy atom. The van der Waals surface area contributed by atoms with Crippen LogP contribution in [0.3, 0.4) is 0 Å². The zero-order valence-corrected chi connectivity index (χ0v) is 11.6. The molecule has 0 radical (unpaired) electrons. The number of carbonyl (C=O) groups excluding carboxylic acids is 1. The van der Waals surface area contributed by atoms with Crippen molar-refractivity contribution in [3.05, 3.63) is 28.8 Å². The SMILES string of the molecule is Cc1cc(Cl)ccc1NC(=O)N1CCCC(C)C1. The first-order valence-electron chi connectivity index (χ1n) is 6.38. The molecule has 0 bridgehead atoms. The number of amides is 2. The van der Waals surface area contributed by atoms with Crippen LogP contribution in [0, 0.1) is 12.8 Å². The molecule has 1 aliphatic rings. The molecule has 1 N–H and O–H groups in total. The molecule has 1 aliphatic heterocycles. The van der Waals surface area contributed by atoms with E-state index in [2.05, 4.69) is 12.2 Å². The number of benzene rings is 1. The van der Waals surface area contributed by atoms with Crippen molar-refractivity contribution >= 4 is 23.3 Å². The molecule has 1 unspecified atom stereocenters. The predicted octanol–water partition coefficient (Wildman–Crippen LogP) is 3.91. The first-order chi connectivity index (χ1) is 8.56. The van der Waals surface area contributed by atoms with E-state index in [-0.39, 0.29) is 6.03 Å². The maximum atomic E-state index is 12.1. The van der Waals surface area contributed by atoms with E-state index in [1.54, 1.807) is 6.07 Å². The summed E-state index contributed by atoms with van der Waals surface area (Å²) in [6.45, 7) is 5.83. The zero-order chi connectivity index (χ0) is 13.1. The van der Waals surface area contributed by atoms with Crippen LogP contribution in [0.4, 0.5) is 10.5 Å². The van der Waals surface area contributed by atoms with Gasteiger partial charge in [-0.05, 0) is 49.4 Å². The Morgan fingerprint density at radius 1 is 1.50 bits per heavy atom. The minimum atomic E-state index is -0.00743. The average molecular weight is 267 g/mol. The summed E-state index contributed by atoms with van der Waals surface area (Å²) in [6, 6.07) is 5.49. The lowest BCUT2D eigenvalue weighted by molar-refractivity contribution is 0.182. The van der Waals surface area contributed by atoms with Gasteiger partial charge in [0.05, 0.1) is 0 Å². The molecule has 1 atom stereocenters. The summed E-state index contributed by atoms with van der Waals surface area (Å²) in [5.74, 6) is 0.593. The topological polar surface area (TPSA) is 32.3 Å². The van der Waals surface area contributed by atoms with Crippen molar-refractivity contribution in [2.75, 3.05) is 18.4 Å². The highest BCUT2D eigenvalue weighted by Gasteiger charge is 2.21. The molecular formula is C14H19ClN2O. The molecule has 3 nitrogen and oxygen atoms in total. The molecule has 0 aliphatic carbocycles. The smallest absolute Gasteiger partial charge is 0.321 e. The van der Waals surface area contributed by atoms with E-state index in [0.29, 0.717) is 10.9 Å². The number of rotatable bonds is 1. The maximum absolute atomic E-state index is 12.1. The number of anilines is 1. The first-order valence-corrected chi connectivity index (χ1v) is 6.76. The van der Waals surface area contributed by atoms with Crippen LogP contribution in [0.2, 0.25) is 5.02 Å². The summed E-state index contributed by atoms with van der Waals surface area (Å²) in [5.41, 5.74) is 1.82. The van der Waals surface area contributed by atoms with Crippen LogP contribution >= 0.6 is 11.6 Å². The summed E-state index contributed by atoms with van der Waals surface area (Å²) in [7, 11) is 0. The van der Waals surface area contributed by atoms with E-state index in [1.807, 2.05) is 24.0 Å². The summed E-state index contributed by atoms with van der Waals surface area (Å²) in [6.07, 6.45) is 2.30. The molecule has 98 valence electrons. The van der Waals surface area contributed by atoms with Gasteiger partial charge in [0, 0.05) is 23.8 Å². The lowest BCUT2D eigenvalue weighted by atomic mass is 10.0. The average Bonchev–Trinajstić information content (AvgIpc) is 2.32. The van der Waals surface area contributed by atoms with Gasteiger partial charge in [-0.3, -0.25) is 0 Å². The molecule has 1 heterocycles. The van der Waals surface area contributed by atoms with Gasteiger partial charge < -0.3 is 10.2 Å². The highest BCUT2D eigenvalue weighted by atomic mass is 35.5. The quantitative estimate of drug-likeness (QED) is 0.821. The van der Waals surface area contributed by atoms with Crippen molar-refractivity contribution in [3.8, 4) is 0 Å². The molecule has 0 spiro atoms. The fraction of sp³-hybridized carbons (Fsp3) is 0.500. The number of urea groups is 1. The number of hydrogen-bond acceptors (Lipinski definition) is 1. The lowest BCUT2D eigenvalue weighted by Crippen LogP contribution is -2.41. The number of halogens is 1. The van der Waals surface area contributed by atoms with E-state index in [9.17, 15) is 4.79 Å². The zero-order valence-electron chi connectivity index (χ0n) is 10.9. The molecule has 1 aromatic rings. The van der Waals surface area contributed by atoms with Crippen LogP contribution in [0.1, 0.15) is 25.3 Å². The molecule has 1 fully saturated rings. The van der Waals surface area contributed by atoms with Crippen LogP contribution in [-0.2, 0) is 0 Å². The highest BCUT2D eigenvalue weighted by molar-refractivity contribution is 6.30. The molecule has 2 amide bonds. The minimum Gasteiger partial charge on any atom is -0.324 e. The van der Waals surface area contributed by atoms with Crippen LogP contribution in [0.15, 0.2) is 18.2 Å². The number of aryl methyl sites for hydroxylation is 1. The number of nitrogens with zero attached hydrogens (tertiary/aromatic N) is 1. The molecule has 0 aromatic heterocycles. The van der Waals surface area contributed by atoms with Crippen LogP contribution in [-0.4, -0.2) is 24.0 Å². The van der Waals surface area contributed by atoms with Gasteiger partial charge in [0.15, 0.2) is 0 Å². The second-order valence-corrected chi connectivity index (χ2v) is 5.52. The monoisotopic (exact) mass is 266 g/mol. The van der Waals surface area contributed by atoms with Gasteiger partial charge in [0.25, 0.3) is 0 Å². The Bertz CT molecular complexity index is 447. The van der Waals surface area contributed by atoms with E-state index >= 15 is 0 Å². The summed E-state index contributed by atoms with van der Waals surface area (Å²) >= 11 is 5.90. The number of hydrogen-bond donors (Lipinski definition) is 1. The van der Waals surface area contributed by atoms with E-state index in [4.69, 9.17) is 11.6 Å². The van der Waals surface area contributed by atoms with Crippen LogP contribution < -0.4 is 5.32 Å². The van der Waals surface area contributed by atoms with Crippen molar-refractivity contribution in [2.24, 2.45) is 5.92 Å². The van der Waals surface area contributed by atoms with Gasteiger partial charge in [-0.2, -0.15) is 0 Å². The maximum Gasteiger partial charge on any atom is 0.321 e. The first kappa shape index (κ1) is 13.2. The van der Waals surface area contributed by atoms with Gasteiger partial charge in [-0.25, -0.2) is 4.79 Å². The van der Waals surface area contributed by atoms with Crippen molar-refractivity contribution < 1.29 is 4.79 Å². The second kappa shape index (κ2) is 5.61. The molecule has 4 heteroatoms. The summed E-state index contributed by atoms with van der Waals surface area (Å²) < 4.78 is 0. The van der Waals surface area contributed by atoms with E-state index in [1.165, 1.54) is 6.42 Å². The molecular weight excluding hydrogens is 248 g/mol. The largest absolute Gasteiger partial charge is 0.324 e. The number of carbonyl (C=O) groups is 1. The van der Waals surface area contributed by atoms with E-state index in [0.717, 1.165) is 30.8 Å². The molecule has 0 saturated carbocycles. The van der Waals surface area contributed by atoms with Crippen molar-refractivity contribution in [3.63, 3.8) is 0 Å². The van der Waals surface area contributed by atoms with Crippen molar-refractivity contribution in [2.45, 2.75) is 26.7 Å². The third-order valence-corrected chi connectivity index (χ3v) is 3.61. The molecule has 18 heavy (non-hydrogen) atoms. The molecule has 1 aromatic carbocycles. The Kier molecular flexibility index (Phi) is 4.12. The number of piperidine rings is 1. The standard InChI is InChI=1S/C14H19ClN2O/c1-10-4-3-7-17(9-10)14(18)16-13-6-5-12(15)8-11(13)2/h5-6,8,10H,3-4,7,9H2,1-2H3,(H,16,18). The third-order valence-electron chi connectivity index (χ3n) is 3.37. The van der Waals surface area contributed by atoms with Crippen molar-refractivity contribution in [1.29, 1.82) is 0 Å². The Balaban J connectivity index is 2.02. The summed E-state index contributed by atoms with van der Waals surface area (Å²) in [5, 5.41) is 3.65. The number of likely N-dealkylation sites (tertiary alicyclic amines) is 1. The minimum absolute atomic E-state index is 0.00743. The van der Waals surface area contributed by atoms with Crippen molar-refractivity contribution in [1.82, 2.24) is 4.90 Å². The van der Waals surface area contributed by atoms with E-state index < -0.39 is 0 Å². The van der Waals surface area contributed by atoms with Gasteiger partial charge in [0.2, 0.25) is 0 Å². The fourth-order valence-electron chi connectivity index (χ4n) is 2.34. The Morgan fingerprint density at radius 2 is 2.28 bits per heavy atom. The lowest BCUT2D eigenvalue weighted by Gasteiger charge is -2.31. The normalized spacial score (nSPS) is 19.7. The number of nitrogens with one attached hydrogen (secondary N) is 1. The fourth-order valence-corrected chi connectivity index (χ4v) is 2.56. The molecule has 1 saturated heterocycles. The Hall–Kier alpha value is -1.22. The van der Waals surface area contributed by atoms with Gasteiger partial charge >= 0.3 is 6.03 Å².